The summed E-state index contributed by atoms with van der Waals surface area (Å²) in [5.41, 5.74) is 4.51. The minimum atomic E-state index is -0.663. The van der Waals surface area contributed by atoms with Crippen LogP contribution in [0.2, 0.25) is 0 Å². The van der Waals surface area contributed by atoms with E-state index in [0.717, 1.165) is 22.3 Å². The molecule has 0 saturated carbocycles. The third kappa shape index (κ3) is 3.50. The van der Waals surface area contributed by atoms with Crippen molar-refractivity contribution in [1.82, 2.24) is 0 Å². The van der Waals surface area contributed by atoms with Gasteiger partial charge in [0, 0.05) is 17.6 Å². The van der Waals surface area contributed by atoms with E-state index in [0.29, 0.717) is 17.6 Å². The van der Waals surface area contributed by atoms with E-state index >= 15 is 0 Å². The lowest BCUT2D eigenvalue weighted by atomic mass is 9.80. The van der Waals surface area contributed by atoms with E-state index in [1.54, 1.807) is 6.08 Å². The maximum Gasteiger partial charge on any atom is 0.234 e. The fourth-order valence-corrected chi connectivity index (χ4v) is 2.98. The van der Waals surface area contributed by atoms with Gasteiger partial charge in [0.25, 0.3) is 0 Å². The van der Waals surface area contributed by atoms with Crippen LogP contribution in [0, 0.1) is 12.8 Å². The van der Waals surface area contributed by atoms with Gasteiger partial charge in [-0.1, -0.05) is 37.6 Å². The van der Waals surface area contributed by atoms with Gasteiger partial charge in [-0.15, -0.1) is 0 Å². The molecular weight excluding hydrogens is 288 g/mol. The van der Waals surface area contributed by atoms with E-state index in [1.807, 2.05) is 52.8 Å². The van der Waals surface area contributed by atoms with Gasteiger partial charge in [0.2, 0.25) is 11.6 Å². The number of carbonyl (C=O) groups excluding carboxylic acids is 2. The second-order valence-electron chi connectivity index (χ2n) is 6.75. The molecule has 0 radical (unpaired) electrons. The Balaban J connectivity index is 2.56. The topological polar surface area (TPSA) is 54.4 Å². The molecule has 23 heavy (non-hydrogen) atoms. The minimum absolute atomic E-state index is 0.0145. The van der Waals surface area contributed by atoms with Gasteiger partial charge in [-0.3, -0.25) is 9.59 Å². The summed E-state index contributed by atoms with van der Waals surface area (Å²) >= 11 is 0. The Labute approximate surface area is 137 Å². The van der Waals surface area contributed by atoms with Crippen molar-refractivity contribution in [1.29, 1.82) is 0 Å². The van der Waals surface area contributed by atoms with Crippen molar-refractivity contribution < 1.29 is 14.7 Å². The van der Waals surface area contributed by atoms with Crippen LogP contribution in [0.15, 0.2) is 29.4 Å². The molecule has 3 nitrogen and oxygen atoms in total. The summed E-state index contributed by atoms with van der Waals surface area (Å²) in [4.78, 5) is 25.0. The van der Waals surface area contributed by atoms with Gasteiger partial charge < -0.3 is 5.11 Å². The summed E-state index contributed by atoms with van der Waals surface area (Å²) in [5, 5.41) is 10.2. The van der Waals surface area contributed by atoms with Gasteiger partial charge in [0.05, 0.1) is 6.10 Å². The Kier molecular flexibility index (Phi) is 5.00. The number of benzene rings is 1. The molecule has 0 bridgehead atoms. The predicted molar refractivity (Wildman–Crippen MR) is 92.5 cm³/mol. The van der Waals surface area contributed by atoms with Crippen LogP contribution < -0.4 is 0 Å². The normalized spacial score (nSPS) is 15.3. The molecule has 0 heterocycles. The summed E-state index contributed by atoms with van der Waals surface area (Å²) in [5.74, 6) is -0.856. The van der Waals surface area contributed by atoms with Crippen molar-refractivity contribution in [2.45, 2.75) is 47.1 Å². The van der Waals surface area contributed by atoms with E-state index in [2.05, 4.69) is 0 Å². The summed E-state index contributed by atoms with van der Waals surface area (Å²) in [6.07, 6.45) is 3.26. The maximum atomic E-state index is 12.6. The smallest absolute Gasteiger partial charge is 0.234 e. The molecule has 1 atom stereocenters. The number of ketones is 2. The van der Waals surface area contributed by atoms with Gasteiger partial charge in [-0.05, 0) is 49.5 Å². The second kappa shape index (κ2) is 6.63. The van der Waals surface area contributed by atoms with Crippen molar-refractivity contribution >= 4 is 17.6 Å². The van der Waals surface area contributed by atoms with Gasteiger partial charge >= 0.3 is 0 Å². The molecule has 0 amide bonds. The number of aryl methyl sites for hydroxylation is 1. The second-order valence-corrected chi connectivity index (χ2v) is 6.75. The molecule has 3 heteroatoms. The standard InChI is InChI=1S/C20H24O3/c1-11(2)8-15(21)10-17-13(5)6-7-14-9-16(12(3)4)19(22)20(23)18(14)17/h6-9,12,15,21H,10H2,1-5H3. The fourth-order valence-electron chi connectivity index (χ4n) is 2.98. The Bertz CT molecular complexity index is 717. The summed E-state index contributed by atoms with van der Waals surface area (Å²) in [6.45, 7) is 9.57. The van der Waals surface area contributed by atoms with Gasteiger partial charge in [0.1, 0.15) is 0 Å². The first-order chi connectivity index (χ1) is 10.7. The molecule has 0 aromatic heterocycles. The summed E-state index contributed by atoms with van der Waals surface area (Å²) in [7, 11) is 0. The Hall–Kier alpha value is -2.00. The first kappa shape index (κ1) is 17.4. The van der Waals surface area contributed by atoms with Crippen molar-refractivity contribution in [2.75, 3.05) is 0 Å². The molecule has 0 saturated heterocycles. The average molecular weight is 312 g/mol. The van der Waals surface area contributed by atoms with Crippen LogP contribution in [0.4, 0.5) is 0 Å². The monoisotopic (exact) mass is 312 g/mol. The van der Waals surface area contributed by atoms with Crippen LogP contribution in [0.3, 0.4) is 0 Å². The van der Waals surface area contributed by atoms with Gasteiger partial charge in [-0.25, -0.2) is 0 Å². The number of hydrogen-bond donors (Lipinski definition) is 1. The minimum Gasteiger partial charge on any atom is -0.389 e. The third-order valence-electron chi connectivity index (χ3n) is 4.15. The fraction of sp³-hybridized carbons (Fsp3) is 0.400. The Morgan fingerprint density at radius 3 is 2.39 bits per heavy atom. The number of hydrogen-bond acceptors (Lipinski definition) is 3. The molecule has 0 aliphatic heterocycles. The van der Waals surface area contributed by atoms with Crippen molar-refractivity contribution in [3.8, 4) is 0 Å². The molecule has 2 rings (SSSR count). The van der Waals surface area contributed by atoms with Crippen LogP contribution in [0.25, 0.3) is 6.08 Å². The molecule has 122 valence electrons. The zero-order valence-corrected chi connectivity index (χ0v) is 14.4. The van der Waals surface area contributed by atoms with Crippen molar-refractivity contribution in [2.24, 2.45) is 5.92 Å². The zero-order chi connectivity index (χ0) is 17.3. The summed E-state index contributed by atoms with van der Waals surface area (Å²) < 4.78 is 0. The number of fused-ring (bicyclic) bond motifs is 1. The first-order valence-corrected chi connectivity index (χ1v) is 7.98. The molecule has 0 fully saturated rings. The predicted octanol–water partition coefficient (Wildman–Crippen LogP) is 3.67. The lowest BCUT2D eigenvalue weighted by Crippen LogP contribution is -2.26. The van der Waals surface area contributed by atoms with Gasteiger partial charge in [0.15, 0.2) is 0 Å². The quantitative estimate of drug-likeness (QED) is 0.682. The van der Waals surface area contributed by atoms with Crippen LogP contribution in [-0.2, 0) is 11.2 Å². The molecule has 1 aliphatic rings. The molecule has 1 aliphatic carbocycles. The molecule has 1 aromatic carbocycles. The van der Waals surface area contributed by atoms with Gasteiger partial charge in [-0.2, -0.15) is 0 Å². The van der Waals surface area contributed by atoms with E-state index in [1.165, 1.54) is 0 Å². The van der Waals surface area contributed by atoms with Crippen molar-refractivity contribution in [3.63, 3.8) is 0 Å². The highest BCUT2D eigenvalue weighted by Crippen LogP contribution is 2.30. The Morgan fingerprint density at radius 1 is 1.17 bits per heavy atom. The van der Waals surface area contributed by atoms with E-state index in [4.69, 9.17) is 0 Å². The van der Waals surface area contributed by atoms with Crippen LogP contribution >= 0.6 is 0 Å². The largest absolute Gasteiger partial charge is 0.389 e. The molecule has 1 N–H and O–H groups in total. The highest BCUT2D eigenvalue weighted by molar-refractivity contribution is 6.52. The third-order valence-corrected chi connectivity index (χ3v) is 4.15. The van der Waals surface area contributed by atoms with Crippen molar-refractivity contribution in [3.05, 3.63) is 51.6 Å². The molecule has 1 unspecified atom stereocenters. The summed E-state index contributed by atoms with van der Waals surface area (Å²) in [6, 6.07) is 3.83. The number of Topliss-reactive ketones (excluding diaryl/α,β-unsaturated/α-hetero) is 2. The Morgan fingerprint density at radius 2 is 1.83 bits per heavy atom. The molecule has 1 aromatic rings. The highest BCUT2D eigenvalue weighted by atomic mass is 16.3. The highest BCUT2D eigenvalue weighted by Gasteiger charge is 2.31. The average Bonchev–Trinajstić information content (AvgIpc) is 2.44. The number of aliphatic hydroxyl groups excluding tert-OH is 1. The number of rotatable bonds is 4. The van der Waals surface area contributed by atoms with E-state index in [-0.39, 0.29) is 5.92 Å². The van der Waals surface area contributed by atoms with Crippen LogP contribution in [0.1, 0.15) is 54.7 Å². The molecule has 0 spiro atoms. The first-order valence-electron chi connectivity index (χ1n) is 7.98. The van der Waals surface area contributed by atoms with E-state index in [9.17, 15) is 14.7 Å². The molecular formula is C20H24O3. The van der Waals surface area contributed by atoms with Crippen LogP contribution in [0.5, 0.6) is 0 Å². The number of carbonyl (C=O) groups is 2. The SMILES string of the molecule is CC(C)=CC(O)Cc1c(C)ccc2c1C(=O)C(=O)C(C(C)C)=C2. The lowest BCUT2D eigenvalue weighted by molar-refractivity contribution is -0.112. The number of aliphatic hydroxyl groups is 1. The lowest BCUT2D eigenvalue weighted by Gasteiger charge is -2.22. The maximum absolute atomic E-state index is 12.6. The zero-order valence-electron chi connectivity index (χ0n) is 14.4. The van der Waals surface area contributed by atoms with Crippen LogP contribution in [-0.4, -0.2) is 22.8 Å². The number of allylic oxidation sites excluding steroid dienone is 2. The van der Waals surface area contributed by atoms with E-state index < -0.39 is 17.7 Å².